The van der Waals surface area contributed by atoms with E-state index in [2.05, 4.69) is 24.1 Å². The SMILES string of the molecule is CC(C)COc1cccc(NC(=O)c2ccc(N)cn2)c1.Cl. The molecular weight excluding hydrogens is 302 g/mol. The minimum absolute atomic E-state index is 0. The van der Waals surface area contributed by atoms with Crippen molar-refractivity contribution in [1.82, 2.24) is 4.98 Å². The van der Waals surface area contributed by atoms with Crippen LogP contribution in [0.5, 0.6) is 5.75 Å². The number of carbonyl (C=O) groups is 1. The van der Waals surface area contributed by atoms with Crippen molar-refractivity contribution in [3.8, 4) is 5.75 Å². The lowest BCUT2D eigenvalue weighted by Crippen LogP contribution is -2.13. The molecule has 0 saturated carbocycles. The van der Waals surface area contributed by atoms with Crippen LogP contribution in [-0.4, -0.2) is 17.5 Å². The number of rotatable bonds is 5. The van der Waals surface area contributed by atoms with Crippen molar-refractivity contribution in [1.29, 1.82) is 0 Å². The number of halogens is 1. The van der Waals surface area contributed by atoms with Crippen molar-refractivity contribution in [2.75, 3.05) is 17.7 Å². The molecule has 2 aromatic rings. The van der Waals surface area contributed by atoms with Crippen LogP contribution >= 0.6 is 12.4 Å². The molecule has 22 heavy (non-hydrogen) atoms. The van der Waals surface area contributed by atoms with Gasteiger partial charge in [-0.05, 0) is 30.2 Å². The van der Waals surface area contributed by atoms with Crippen molar-refractivity contribution in [2.45, 2.75) is 13.8 Å². The Kier molecular flexibility index (Phi) is 6.66. The Morgan fingerprint density at radius 3 is 2.73 bits per heavy atom. The summed E-state index contributed by atoms with van der Waals surface area (Å²) < 4.78 is 5.63. The van der Waals surface area contributed by atoms with Crippen LogP contribution in [0.15, 0.2) is 42.6 Å². The highest BCUT2D eigenvalue weighted by Gasteiger charge is 2.08. The molecule has 0 aliphatic carbocycles. The average molecular weight is 322 g/mol. The van der Waals surface area contributed by atoms with E-state index in [4.69, 9.17) is 10.5 Å². The van der Waals surface area contributed by atoms with Crippen LogP contribution in [0.2, 0.25) is 0 Å². The number of ether oxygens (including phenoxy) is 1. The van der Waals surface area contributed by atoms with E-state index in [0.717, 1.165) is 5.75 Å². The summed E-state index contributed by atoms with van der Waals surface area (Å²) in [5.41, 5.74) is 7.05. The second-order valence-corrected chi connectivity index (χ2v) is 5.16. The summed E-state index contributed by atoms with van der Waals surface area (Å²) in [5, 5.41) is 2.78. The molecule has 0 aliphatic heterocycles. The van der Waals surface area contributed by atoms with Crippen LogP contribution < -0.4 is 15.8 Å². The molecule has 0 saturated heterocycles. The maximum absolute atomic E-state index is 12.0. The molecule has 0 spiro atoms. The predicted molar refractivity (Wildman–Crippen MR) is 90.6 cm³/mol. The third-order valence-electron chi connectivity index (χ3n) is 2.69. The first-order valence-electron chi connectivity index (χ1n) is 6.80. The van der Waals surface area contributed by atoms with Crippen molar-refractivity contribution >= 4 is 29.7 Å². The van der Waals surface area contributed by atoms with Gasteiger partial charge >= 0.3 is 0 Å². The number of nitrogen functional groups attached to an aromatic ring is 1. The summed E-state index contributed by atoms with van der Waals surface area (Å²) in [7, 11) is 0. The predicted octanol–water partition coefficient (Wildman–Crippen LogP) is 3.37. The van der Waals surface area contributed by atoms with Crippen LogP contribution in [0.25, 0.3) is 0 Å². The van der Waals surface area contributed by atoms with E-state index < -0.39 is 0 Å². The summed E-state index contributed by atoms with van der Waals surface area (Å²) >= 11 is 0. The molecule has 118 valence electrons. The maximum Gasteiger partial charge on any atom is 0.274 e. The molecule has 3 N–H and O–H groups in total. The number of nitrogens with one attached hydrogen (secondary N) is 1. The number of amides is 1. The van der Waals surface area contributed by atoms with Gasteiger partial charge < -0.3 is 15.8 Å². The minimum Gasteiger partial charge on any atom is -0.493 e. The van der Waals surface area contributed by atoms with E-state index in [1.165, 1.54) is 6.20 Å². The number of carbonyl (C=O) groups excluding carboxylic acids is 1. The third-order valence-corrected chi connectivity index (χ3v) is 2.69. The van der Waals surface area contributed by atoms with Gasteiger partial charge in [0.25, 0.3) is 5.91 Å². The molecule has 0 fully saturated rings. The highest BCUT2D eigenvalue weighted by Crippen LogP contribution is 2.18. The van der Waals surface area contributed by atoms with Gasteiger partial charge in [0.1, 0.15) is 11.4 Å². The summed E-state index contributed by atoms with van der Waals surface area (Å²) in [4.78, 5) is 16.0. The Morgan fingerprint density at radius 1 is 1.32 bits per heavy atom. The van der Waals surface area contributed by atoms with Gasteiger partial charge in [0.05, 0.1) is 18.5 Å². The normalized spacial score (nSPS) is 9.95. The lowest BCUT2D eigenvalue weighted by Gasteiger charge is -2.10. The topological polar surface area (TPSA) is 77.2 Å². The Hall–Kier alpha value is -2.27. The number of benzene rings is 1. The fraction of sp³-hybridized carbons (Fsp3) is 0.250. The molecule has 1 aromatic heterocycles. The van der Waals surface area contributed by atoms with E-state index >= 15 is 0 Å². The summed E-state index contributed by atoms with van der Waals surface area (Å²) in [6, 6.07) is 10.5. The van der Waals surface area contributed by atoms with Crippen LogP contribution in [0.1, 0.15) is 24.3 Å². The van der Waals surface area contributed by atoms with E-state index in [9.17, 15) is 4.79 Å². The molecule has 5 nitrogen and oxygen atoms in total. The number of hydrogen-bond donors (Lipinski definition) is 2. The van der Waals surface area contributed by atoms with Gasteiger partial charge in [-0.1, -0.05) is 19.9 Å². The van der Waals surface area contributed by atoms with Crippen molar-refractivity contribution in [3.05, 3.63) is 48.3 Å². The first-order chi connectivity index (χ1) is 10.0. The van der Waals surface area contributed by atoms with Gasteiger partial charge in [-0.2, -0.15) is 0 Å². The number of hydrogen-bond acceptors (Lipinski definition) is 4. The van der Waals surface area contributed by atoms with Crippen molar-refractivity contribution in [3.63, 3.8) is 0 Å². The van der Waals surface area contributed by atoms with Gasteiger partial charge in [-0.25, -0.2) is 4.98 Å². The van der Waals surface area contributed by atoms with Crippen LogP contribution in [0.4, 0.5) is 11.4 Å². The van der Waals surface area contributed by atoms with E-state index in [1.54, 1.807) is 24.3 Å². The van der Waals surface area contributed by atoms with E-state index in [-0.39, 0.29) is 18.3 Å². The average Bonchev–Trinajstić information content (AvgIpc) is 2.46. The van der Waals surface area contributed by atoms with E-state index in [0.29, 0.717) is 29.6 Å². The molecule has 0 aliphatic rings. The second kappa shape index (κ2) is 8.24. The molecule has 0 atom stereocenters. The molecule has 6 heteroatoms. The molecule has 1 aromatic carbocycles. The molecule has 0 bridgehead atoms. The molecule has 0 radical (unpaired) electrons. The molecule has 0 unspecified atom stereocenters. The third kappa shape index (κ3) is 5.26. The summed E-state index contributed by atoms with van der Waals surface area (Å²) in [5.74, 6) is 0.894. The highest BCUT2D eigenvalue weighted by atomic mass is 35.5. The second-order valence-electron chi connectivity index (χ2n) is 5.16. The Morgan fingerprint density at radius 2 is 2.09 bits per heavy atom. The zero-order valence-electron chi connectivity index (χ0n) is 12.6. The van der Waals surface area contributed by atoms with Gasteiger partial charge in [0, 0.05) is 11.8 Å². The number of pyridine rings is 1. The van der Waals surface area contributed by atoms with Crippen LogP contribution in [-0.2, 0) is 0 Å². The number of nitrogens with zero attached hydrogens (tertiary/aromatic N) is 1. The number of nitrogens with two attached hydrogens (primary N) is 1. The molecular formula is C16H20ClN3O2. The van der Waals surface area contributed by atoms with Gasteiger partial charge in [0.15, 0.2) is 0 Å². The monoisotopic (exact) mass is 321 g/mol. The minimum atomic E-state index is -0.281. The lowest BCUT2D eigenvalue weighted by molar-refractivity contribution is 0.102. The lowest BCUT2D eigenvalue weighted by atomic mass is 10.2. The fourth-order valence-electron chi connectivity index (χ4n) is 1.66. The van der Waals surface area contributed by atoms with Crippen LogP contribution in [0.3, 0.4) is 0 Å². The summed E-state index contributed by atoms with van der Waals surface area (Å²) in [6.07, 6.45) is 1.46. The maximum atomic E-state index is 12.0. The van der Waals surface area contributed by atoms with E-state index in [1.807, 2.05) is 12.1 Å². The van der Waals surface area contributed by atoms with Crippen LogP contribution in [0, 0.1) is 5.92 Å². The van der Waals surface area contributed by atoms with Gasteiger partial charge in [0.2, 0.25) is 0 Å². The van der Waals surface area contributed by atoms with Gasteiger partial charge in [-0.15, -0.1) is 12.4 Å². The smallest absolute Gasteiger partial charge is 0.274 e. The molecule has 2 rings (SSSR count). The highest BCUT2D eigenvalue weighted by molar-refractivity contribution is 6.03. The molecule has 1 amide bonds. The number of anilines is 2. The first-order valence-corrected chi connectivity index (χ1v) is 6.80. The zero-order valence-corrected chi connectivity index (χ0v) is 13.4. The Labute approximate surface area is 136 Å². The Balaban J connectivity index is 0.00000242. The molecule has 1 heterocycles. The van der Waals surface area contributed by atoms with Crippen molar-refractivity contribution < 1.29 is 9.53 Å². The first kappa shape index (κ1) is 17.8. The fourth-order valence-corrected chi connectivity index (χ4v) is 1.66. The zero-order chi connectivity index (χ0) is 15.2. The largest absolute Gasteiger partial charge is 0.493 e. The standard InChI is InChI=1S/C16H19N3O2.ClH/c1-11(2)10-21-14-5-3-4-13(8-14)19-16(20)15-7-6-12(17)9-18-15;/h3-9,11H,10,17H2,1-2H3,(H,19,20);1H. The Bertz CT molecular complexity index is 615. The van der Waals surface area contributed by atoms with Crippen molar-refractivity contribution in [2.24, 2.45) is 5.92 Å². The van der Waals surface area contributed by atoms with Gasteiger partial charge in [-0.3, -0.25) is 4.79 Å². The summed E-state index contributed by atoms with van der Waals surface area (Å²) in [6.45, 7) is 4.80. The quantitative estimate of drug-likeness (QED) is 0.885. The number of aromatic nitrogens is 1.